The number of hydrogen-bond donors (Lipinski definition) is 1. The molecule has 0 radical (unpaired) electrons. The molecule has 0 saturated heterocycles. The van der Waals surface area contributed by atoms with Crippen molar-refractivity contribution in [1.82, 2.24) is 4.57 Å². The molecule has 1 amide bonds. The van der Waals surface area contributed by atoms with Crippen LogP contribution < -0.4 is 5.32 Å². The minimum absolute atomic E-state index is 0.0505. The van der Waals surface area contributed by atoms with Crippen molar-refractivity contribution >= 4 is 28.2 Å². The Kier molecular flexibility index (Phi) is 4.52. The Hall–Kier alpha value is -3.15. The molecule has 0 aliphatic carbocycles. The van der Waals surface area contributed by atoms with E-state index < -0.39 is 4.92 Å². The highest BCUT2D eigenvalue weighted by Crippen LogP contribution is 2.23. The molecule has 128 valence electrons. The SMILES string of the molecule is CC(C)c1ccc2c(ccn2CC(=O)Nc2cccc([N+](=O)[O-])c2)c1. The maximum atomic E-state index is 12.3. The lowest BCUT2D eigenvalue weighted by Crippen LogP contribution is -2.18. The lowest BCUT2D eigenvalue weighted by molar-refractivity contribution is -0.384. The highest BCUT2D eigenvalue weighted by Gasteiger charge is 2.10. The highest BCUT2D eigenvalue weighted by atomic mass is 16.6. The van der Waals surface area contributed by atoms with Crippen LogP contribution in [0.5, 0.6) is 0 Å². The predicted octanol–water partition coefficient (Wildman–Crippen LogP) is 4.31. The fourth-order valence-corrected chi connectivity index (χ4v) is 2.77. The Bertz CT molecular complexity index is 944. The van der Waals surface area contributed by atoms with Gasteiger partial charge in [0.05, 0.1) is 4.92 Å². The Balaban J connectivity index is 1.76. The molecule has 0 aliphatic heterocycles. The molecule has 0 bridgehead atoms. The first-order chi connectivity index (χ1) is 11.9. The maximum Gasteiger partial charge on any atom is 0.271 e. The number of carbonyl (C=O) groups excluding carboxylic acids is 1. The van der Waals surface area contributed by atoms with Crippen LogP contribution in [-0.4, -0.2) is 15.4 Å². The van der Waals surface area contributed by atoms with E-state index in [4.69, 9.17) is 0 Å². The molecule has 6 nitrogen and oxygen atoms in total. The van der Waals surface area contributed by atoms with Crippen LogP contribution in [0.4, 0.5) is 11.4 Å². The minimum Gasteiger partial charge on any atom is -0.338 e. The lowest BCUT2D eigenvalue weighted by Gasteiger charge is -2.09. The summed E-state index contributed by atoms with van der Waals surface area (Å²) in [4.78, 5) is 22.6. The summed E-state index contributed by atoms with van der Waals surface area (Å²) in [6, 6.07) is 14.1. The average molecular weight is 337 g/mol. The van der Waals surface area contributed by atoms with Gasteiger partial charge in [0, 0.05) is 29.5 Å². The zero-order valence-electron chi connectivity index (χ0n) is 14.1. The van der Waals surface area contributed by atoms with Crippen molar-refractivity contribution in [3.63, 3.8) is 0 Å². The molecule has 1 aromatic heterocycles. The second-order valence-electron chi connectivity index (χ2n) is 6.27. The van der Waals surface area contributed by atoms with Crippen molar-refractivity contribution in [3.8, 4) is 0 Å². The second-order valence-corrected chi connectivity index (χ2v) is 6.27. The van der Waals surface area contributed by atoms with E-state index in [1.807, 2.05) is 22.9 Å². The third kappa shape index (κ3) is 3.68. The fraction of sp³-hybridized carbons (Fsp3) is 0.211. The highest BCUT2D eigenvalue weighted by molar-refractivity contribution is 5.92. The number of hydrogen-bond acceptors (Lipinski definition) is 3. The summed E-state index contributed by atoms with van der Waals surface area (Å²) in [6.07, 6.45) is 1.88. The molecule has 3 aromatic rings. The molecule has 1 heterocycles. The normalized spacial score (nSPS) is 11.0. The number of rotatable bonds is 5. The van der Waals surface area contributed by atoms with E-state index >= 15 is 0 Å². The molecule has 0 unspecified atom stereocenters. The van der Waals surface area contributed by atoms with Gasteiger partial charge < -0.3 is 9.88 Å². The van der Waals surface area contributed by atoms with Gasteiger partial charge in [0.25, 0.3) is 5.69 Å². The van der Waals surface area contributed by atoms with Gasteiger partial charge in [-0.3, -0.25) is 14.9 Å². The van der Waals surface area contributed by atoms with E-state index in [9.17, 15) is 14.9 Å². The van der Waals surface area contributed by atoms with Gasteiger partial charge in [-0.1, -0.05) is 26.0 Å². The predicted molar refractivity (Wildman–Crippen MR) is 97.8 cm³/mol. The fourth-order valence-electron chi connectivity index (χ4n) is 2.77. The number of nitrogens with zero attached hydrogens (tertiary/aromatic N) is 2. The number of amides is 1. The molecule has 0 fully saturated rings. The molecule has 25 heavy (non-hydrogen) atoms. The van der Waals surface area contributed by atoms with E-state index in [0.29, 0.717) is 11.6 Å². The number of non-ortho nitro benzene ring substituents is 1. The number of nitro benzene ring substituents is 1. The van der Waals surface area contributed by atoms with Gasteiger partial charge in [-0.25, -0.2) is 0 Å². The molecule has 0 aliphatic rings. The number of anilines is 1. The Morgan fingerprint density at radius 2 is 2.00 bits per heavy atom. The van der Waals surface area contributed by atoms with E-state index in [0.717, 1.165) is 10.9 Å². The smallest absolute Gasteiger partial charge is 0.271 e. The molecule has 2 aromatic carbocycles. The summed E-state index contributed by atoms with van der Waals surface area (Å²) in [7, 11) is 0. The van der Waals surface area contributed by atoms with Crippen molar-refractivity contribution in [1.29, 1.82) is 0 Å². The van der Waals surface area contributed by atoms with Crippen LogP contribution in [0, 0.1) is 10.1 Å². The zero-order chi connectivity index (χ0) is 18.0. The Labute approximate surface area is 145 Å². The van der Waals surface area contributed by atoms with E-state index in [1.54, 1.807) is 12.1 Å². The standard InChI is InChI=1S/C19H19N3O3/c1-13(2)14-6-7-18-15(10-14)8-9-21(18)12-19(23)20-16-4-3-5-17(11-16)22(24)25/h3-11,13H,12H2,1-2H3,(H,20,23). The summed E-state index contributed by atoms with van der Waals surface area (Å²) < 4.78 is 1.87. The van der Waals surface area contributed by atoms with Crippen molar-refractivity contribution in [2.24, 2.45) is 0 Å². The van der Waals surface area contributed by atoms with Gasteiger partial charge in [0.15, 0.2) is 0 Å². The number of fused-ring (bicyclic) bond motifs is 1. The quantitative estimate of drug-likeness (QED) is 0.556. The molecule has 0 spiro atoms. The summed E-state index contributed by atoms with van der Waals surface area (Å²) >= 11 is 0. The Morgan fingerprint density at radius 3 is 2.72 bits per heavy atom. The van der Waals surface area contributed by atoms with Crippen molar-refractivity contribution < 1.29 is 9.72 Å². The number of nitrogens with one attached hydrogen (secondary N) is 1. The van der Waals surface area contributed by atoms with Crippen molar-refractivity contribution in [2.75, 3.05) is 5.32 Å². The largest absolute Gasteiger partial charge is 0.338 e. The van der Waals surface area contributed by atoms with Gasteiger partial charge in [-0.05, 0) is 41.1 Å². The maximum absolute atomic E-state index is 12.3. The van der Waals surface area contributed by atoms with Crippen LogP contribution in [0.2, 0.25) is 0 Å². The molecule has 1 N–H and O–H groups in total. The van der Waals surface area contributed by atoms with Crippen molar-refractivity contribution in [2.45, 2.75) is 26.3 Å². The second kappa shape index (κ2) is 6.76. The summed E-state index contributed by atoms with van der Waals surface area (Å²) in [5, 5.41) is 14.6. The van der Waals surface area contributed by atoms with E-state index in [1.165, 1.54) is 17.7 Å². The molecular weight excluding hydrogens is 318 g/mol. The zero-order valence-corrected chi connectivity index (χ0v) is 14.1. The summed E-state index contributed by atoms with van der Waals surface area (Å²) in [6.45, 7) is 4.43. The van der Waals surface area contributed by atoms with Crippen LogP contribution in [0.25, 0.3) is 10.9 Å². The van der Waals surface area contributed by atoms with Crippen LogP contribution in [0.1, 0.15) is 25.3 Å². The van der Waals surface area contributed by atoms with Crippen LogP contribution in [0.15, 0.2) is 54.7 Å². The first kappa shape index (κ1) is 16.7. The van der Waals surface area contributed by atoms with Gasteiger partial charge in [-0.15, -0.1) is 0 Å². The van der Waals surface area contributed by atoms with Gasteiger partial charge in [0.1, 0.15) is 6.54 Å². The summed E-state index contributed by atoms with van der Waals surface area (Å²) in [5.41, 5.74) is 2.60. The molecule has 3 rings (SSSR count). The number of nitro groups is 1. The lowest BCUT2D eigenvalue weighted by atomic mass is 10.0. The molecular formula is C19H19N3O3. The molecule has 0 atom stereocenters. The Morgan fingerprint density at radius 1 is 1.20 bits per heavy atom. The number of aromatic nitrogens is 1. The molecule has 6 heteroatoms. The third-order valence-corrected chi connectivity index (χ3v) is 4.12. The van der Waals surface area contributed by atoms with Gasteiger partial charge in [0.2, 0.25) is 5.91 Å². The van der Waals surface area contributed by atoms with Gasteiger partial charge >= 0.3 is 0 Å². The number of carbonyl (C=O) groups is 1. The monoisotopic (exact) mass is 337 g/mol. The molecule has 0 saturated carbocycles. The van der Waals surface area contributed by atoms with Crippen LogP contribution in [0.3, 0.4) is 0 Å². The first-order valence-corrected chi connectivity index (χ1v) is 8.07. The minimum atomic E-state index is -0.485. The topological polar surface area (TPSA) is 77.2 Å². The third-order valence-electron chi connectivity index (χ3n) is 4.12. The van der Waals surface area contributed by atoms with Gasteiger partial charge in [-0.2, -0.15) is 0 Å². The first-order valence-electron chi connectivity index (χ1n) is 8.07. The number of benzene rings is 2. The van der Waals surface area contributed by atoms with E-state index in [2.05, 4.69) is 31.3 Å². The van der Waals surface area contributed by atoms with Crippen molar-refractivity contribution in [3.05, 3.63) is 70.4 Å². The average Bonchev–Trinajstić information content (AvgIpc) is 2.97. The summed E-state index contributed by atoms with van der Waals surface area (Å²) in [5.74, 6) is 0.218. The van der Waals surface area contributed by atoms with Crippen LogP contribution >= 0.6 is 0 Å². The van der Waals surface area contributed by atoms with Crippen LogP contribution in [-0.2, 0) is 11.3 Å². The van der Waals surface area contributed by atoms with E-state index in [-0.39, 0.29) is 18.1 Å².